The molecule has 9 heteroatoms. The first-order valence-corrected chi connectivity index (χ1v) is 13.4. The molecule has 33 heavy (non-hydrogen) atoms. The Bertz CT molecular complexity index is 1650. The Labute approximate surface area is 198 Å². The van der Waals surface area contributed by atoms with E-state index in [2.05, 4.69) is 31.2 Å². The highest BCUT2D eigenvalue weighted by atomic mass is 33.5. The SMILES string of the molecule is Cc1ccc(SSSc2ccc(-n3c(=O)c4cc5c(=O)n(C)c(=O)c5cc4c3=O)cc2)cc1. The van der Waals surface area contributed by atoms with Gasteiger partial charge in [-0.1, -0.05) is 17.7 Å². The van der Waals surface area contributed by atoms with Gasteiger partial charge < -0.3 is 0 Å². The summed E-state index contributed by atoms with van der Waals surface area (Å²) < 4.78 is 2.07. The summed E-state index contributed by atoms with van der Waals surface area (Å²) in [5, 5.41) is 0.579. The van der Waals surface area contributed by atoms with Gasteiger partial charge in [0.25, 0.3) is 22.2 Å². The smallest absolute Gasteiger partial charge is 0.266 e. The van der Waals surface area contributed by atoms with Crippen molar-refractivity contribution in [3.05, 3.63) is 108 Å². The van der Waals surface area contributed by atoms with E-state index in [1.807, 2.05) is 12.1 Å². The number of hydrogen-bond donors (Lipinski definition) is 0. The Morgan fingerprint density at radius 2 is 1.03 bits per heavy atom. The number of nitrogens with zero attached hydrogens (tertiary/aromatic N) is 2. The van der Waals surface area contributed by atoms with E-state index >= 15 is 0 Å². The summed E-state index contributed by atoms with van der Waals surface area (Å²) in [5.74, 6) is 0. The van der Waals surface area contributed by atoms with E-state index in [-0.39, 0.29) is 21.5 Å². The van der Waals surface area contributed by atoms with Crippen LogP contribution in [0.4, 0.5) is 0 Å². The van der Waals surface area contributed by atoms with Crippen molar-refractivity contribution in [3.63, 3.8) is 0 Å². The summed E-state index contributed by atoms with van der Waals surface area (Å²) in [6.45, 7) is 2.05. The number of aryl methyl sites for hydroxylation is 1. The maximum Gasteiger partial charge on any atom is 0.266 e. The Morgan fingerprint density at radius 3 is 1.52 bits per heavy atom. The summed E-state index contributed by atoms with van der Waals surface area (Å²) >= 11 is 0. The highest BCUT2D eigenvalue weighted by Gasteiger charge is 2.19. The predicted octanol–water partition coefficient (Wildman–Crippen LogP) is 4.19. The fourth-order valence-electron chi connectivity index (χ4n) is 3.67. The van der Waals surface area contributed by atoms with Crippen LogP contribution in [0, 0.1) is 6.92 Å². The molecule has 2 aromatic heterocycles. The Hall–Kier alpha value is -3.01. The molecular formula is C24H16N2O4S3. The van der Waals surface area contributed by atoms with Crippen molar-refractivity contribution in [1.29, 1.82) is 0 Å². The molecular weight excluding hydrogens is 476 g/mol. The number of benzene rings is 3. The summed E-state index contributed by atoms with van der Waals surface area (Å²) in [6.07, 6.45) is 0. The van der Waals surface area contributed by atoms with Crippen LogP contribution in [0.15, 0.2) is 89.6 Å². The lowest BCUT2D eigenvalue weighted by Gasteiger charge is -2.04. The van der Waals surface area contributed by atoms with E-state index in [0.29, 0.717) is 5.69 Å². The lowest BCUT2D eigenvalue weighted by atomic mass is 10.1. The first-order valence-electron chi connectivity index (χ1n) is 9.92. The molecule has 0 aliphatic rings. The van der Waals surface area contributed by atoms with Crippen molar-refractivity contribution < 1.29 is 0 Å². The zero-order chi connectivity index (χ0) is 23.3. The molecule has 0 bridgehead atoms. The molecule has 5 aromatic rings. The Balaban J connectivity index is 1.44. The lowest BCUT2D eigenvalue weighted by Crippen LogP contribution is -2.23. The van der Waals surface area contributed by atoms with Crippen LogP contribution in [0.2, 0.25) is 0 Å². The maximum atomic E-state index is 13.0. The fourth-order valence-corrected chi connectivity index (χ4v) is 7.31. The Kier molecular flexibility index (Phi) is 5.55. The average molecular weight is 493 g/mol. The van der Waals surface area contributed by atoms with Crippen molar-refractivity contribution in [2.45, 2.75) is 16.7 Å². The number of aromatic nitrogens is 2. The maximum absolute atomic E-state index is 13.0. The first kappa shape index (κ1) is 21.8. The van der Waals surface area contributed by atoms with E-state index in [1.165, 1.54) is 24.7 Å². The fraction of sp³-hybridized carbons (Fsp3) is 0.0833. The van der Waals surface area contributed by atoms with Crippen LogP contribution in [-0.4, -0.2) is 9.13 Å². The van der Waals surface area contributed by atoms with Gasteiger partial charge in [-0.3, -0.25) is 23.7 Å². The molecule has 0 unspecified atom stereocenters. The van der Waals surface area contributed by atoms with Crippen LogP contribution >= 0.6 is 31.4 Å². The number of fused-ring (bicyclic) bond motifs is 2. The predicted molar refractivity (Wildman–Crippen MR) is 138 cm³/mol. The molecule has 0 spiro atoms. The minimum absolute atomic E-state index is 0.138. The first-order chi connectivity index (χ1) is 15.8. The van der Waals surface area contributed by atoms with Gasteiger partial charge in [0, 0.05) is 16.8 Å². The van der Waals surface area contributed by atoms with Crippen molar-refractivity contribution in [2.75, 3.05) is 0 Å². The molecule has 0 aliphatic heterocycles. The highest BCUT2D eigenvalue weighted by Crippen LogP contribution is 2.44. The molecule has 0 radical (unpaired) electrons. The van der Waals surface area contributed by atoms with Gasteiger partial charge in [0.2, 0.25) is 0 Å². The van der Waals surface area contributed by atoms with Crippen LogP contribution < -0.4 is 22.2 Å². The second-order valence-electron chi connectivity index (χ2n) is 7.60. The van der Waals surface area contributed by atoms with Gasteiger partial charge in [-0.25, -0.2) is 4.57 Å². The van der Waals surface area contributed by atoms with Crippen LogP contribution in [0.5, 0.6) is 0 Å². The third-order valence-corrected chi connectivity index (χ3v) is 9.32. The van der Waals surface area contributed by atoms with Crippen LogP contribution in [0.1, 0.15) is 5.56 Å². The lowest BCUT2D eigenvalue weighted by molar-refractivity contribution is 0.856. The van der Waals surface area contributed by atoms with E-state index < -0.39 is 22.2 Å². The molecule has 0 saturated carbocycles. The van der Waals surface area contributed by atoms with E-state index in [1.54, 1.807) is 43.5 Å². The van der Waals surface area contributed by atoms with Crippen molar-refractivity contribution in [1.82, 2.24) is 9.13 Å². The minimum Gasteiger partial charge on any atom is -0.277 e. The second-order valence-corrected chi connectivity index (χ2v) is 11.6. The molecule has 0 atom stereocenters. The molecule has 2 heterocycles. The molecule has 5 rings (SSSR count). The van der Waals surface area contributed by atoms with Crippen molar-refractivity contribution in [3.8, 4) is 5.69 Å². The zero-order valence-electron chi connectivity index (χ0n) is 17.5. The van der Waals surface area contributed by atoms with Gasteiger partial charge in [-0.05, 0) is 86.9 Å². The van der Waals surface area contributed by atoms with Crippen LogP contribution in [0.3, 0.4) is 0 Å². The molecule has 0 aliphatic carbocycles. The summed E-state index contributed by atoms with van der Waals surface area (Å²) in [7, 11) is 6.25. The van der Waals surface area contributed by atoms with Crippen molar-refractivity contribution in [2.24, 2.45) is 7.05 Å². The normalized spacial score (nSPS) is 11.6. The molecule has 0 fully saturated rings. The van der Waals surface area contributed by atoms with Crippen molar-refractivity contribution >= 4 is 53.0 Å². The van der Waals surface area contributed by atoms with Crippen LogP contribution in [-0.2, 0) is 7.05 Å². The zero-order valence-corrected chi connectivity index (χ0v) is 20.0. The van der Waals surface area contributed by atoms with Gasteiger partial charge in [-0.2, -0.15) is 0 Å². The van der Waals surface area contributed by atoms with Gasteiger partial charge in [0.05, 0.1) is 27.2 Å². The number of rotatable bonds is 5. The third kappa shape index (κ3) is 3.76. The van der Waals surface area contributed by atoms with Gasteiger partial charge in [-0.15, -0.1) is 0 Å². The van der Waals surface area contributed by atoms with Gasteiger partial charge in [0.1, 0.15) is 0 Å². The quantitative estimate of drug-likeness (QED) is 0.340. The monoisotopic (exact) mass is 492 g/mol. The van der Waals surface area contributed by atoms with Crippen LogP contribution in [0.25, 0.3) is 27.2 Å². The molecule has 3 aromatic carbocycles. The largest absolute Gasteiger partial charge is 0.277 e. The van der Waals surface area contributed by atoms with E-state index in [0.717, 1.165) is 18.9 Å². The minimum atomic E-state index is -0.502. The molecule has 0 amide bonds. The van der Waals surface area contributed by atoms with E-state index in [4.69, 9.17) is 0 Å². The molecule has 164 valence electrons. The summed E-state index contributed by atoms with van der Waals surface area (Å²) in [6, 6.07) is 18.2. The standard InChI is InChI=1S/C24H16N2O4S3/c1-13-3-7-15(8-4-13)31-33-32-16-9-5-14(6-10-16)26-23(29)19-11-17-18(12-20(19)24(26)30)22(28)25(2)21(17)27/h3-12H,1-2H3. The molecule has 0 N–H and O–H groups in total. The third-order valence-electron chi connectivity index (χ3n) is 5.47. The molecule has 6 nitrogen and oxygen atoms in total. The summed E-state index contributed by atoms with van der Waals surface area (Å²) in [4.78, 5) is 52.7. The van der Waals surface area contributed by atoms with Gasteiger partial charge >= 0.3 is 0 Å². The number of hydrogen-bond acceptors (Lipinski definition) is 7. The Morgan fingerprint density at radius 1 is 0.606 bits per heavy atom. The molecule has 0 saturated heterocycles. The average Bonchev–Trinajstić information content (AvgIpc) is 3.19. The highest BCUT2D eigenvalue weighted by molar-refractivity contribution is 9.09. The second kappa shape index (κ2) is 8.40. The summed E-state index contributed by atoms with van der Waals surface area (Å²) in [5.41, 5.74) is -0.292. The topological polar surface area (TPSA) is 78.1 Å². The van der Waals surface area contributed by atoms with E-state index in [9.17, 15) is 19.2 Å². The van der Waals surface area contributed by atoms with Gasteiger partial charge in [0.15, 0.2) is 0 Å².